The minimum atomic E-state index is 0.572. The van der Waals surface area contributed by atoms with Gasteiger partial charge in [0, 0.05) is 11.8 Å². The second kappa shape index (κ2) is 3.26. The Morgan fingerprint density at radius 1 is 1.54 bits per heavy atom. The molecule has 0 N–H and O–H groups in total. The zero-order valence-corrected chi connectivity index (χ0v) is 8.26. The molecular formula is C8H9N3OS. The van der Waals surface area contributed by atoms with E-state index in [9.17, 15) is 0 Å². The van der Waals surface area contributed by atoms with E-state index in [0.29, 0.717) is 5.89 Å². The van der Waals surface area contributed by atoms with Crippen LogP contribution in [0.4, 0.5) is 0 Å². The first-order chi connectivity index (χ1) is 6.31. The quantitative estimate of drug-likeness (QED) is 0.736. The molecule has 0 radical (unpaired) electrons. The number of aromatic nitrogens is 3. The lowest BCUT2D eigenvalue weighted by molar-refractivity contribution is 0.423. The zero-order chi connectivity index (χ0) is 9.26. The molecule has 0 bridgehead atoms. The molecule has 68 valence electrons. The van der Waals surface area contributed by atoms with Crippen LogP contribution in [0.25, 0.3) is 11.5 Å². The number of hydrogen-bond donors (Lipinski definition) is 0. The molecule has 4 nitrogen and oxygen atoms in total. The highest BCUT2D eigenvalue weighted by molar-refractivity contribution is 7.04. The van der Waals surface area contributed by atoms with Gasteiger partial charge in [-0.25, -0.2) is 0 Å². The van der Waals surface area contributed by atoms with Crippen molar-refractivity contribution in [2.75, 3.05) is 0 Å². The van der Waals surface area contributed by atoms with Gasteiger partial charge in [0.15, 0.2) is 5.82 Å². The van der Waals surface area contributed by atoms with Gasteiger partial charge in [-0.1, -0.05) is 12.1 Å². The maximum Gasteiger partial charge on any atom is 0.260 e. The molecule has 0 aliphatic carbocycles. The van der Waals surface area contributed by atoms with Gasteiger partial charge in [0.1, 0.15) is 0 Å². The van der Waals surface area contributed by atoms with Crippen LogP contribution in [0.15, 0.2) is 9.90 Å². The maximum absolute atomic E-state index is 5.09. The summed E-state index contributed by atoms with van der Waals surface area (Å²) in [5.41, 5.74) is 1.88. The summed E-state index contributed by atoms with van der Waals surface area (Å²) in [4.78, 5) is 4.22. The van der Waals surface area contributed by atoms with Crippen LogP contribution in [-0.2, 0) is 6.42 Å². The third kappa shape index (κ3) is 1.47. The summed E-state index contributed by atoms with van der Waals surface area (Å²) in [6, 6.07) is 0. The average molecular weight is 195 g/mol. The molecular weight excluding hydrogens is 186 g/mol. The van der Waals surface area contributed by atoms with Crippen molar-refractivity contribution in [3.8, 4) is 11.5 Å². The smallest absolute Gasteiger partial charge is 0.260 e. The van der Waals surface area contributed by atoms with E-state index < -0.39 is 0 Å². The Morgan fingerprint density at radius 3 is 2.92 bits per heavy atom. The lowest BCUT2D eigenvalue weighted by atomic mass is 10.3. The molecule has 0 aliphatic heterocycles. The van der Waals surface area contributed by atoms with Crippen LogP contribution in [0, 0.1) is 6.92 Å². The third-order valence-electron chi connectivity index (χ3n) is 1.76. The Labute approximate surface area is 79.8 Å². The van der Waals surface area contributed by atoms with Gasteiger partial charge in [0.05, 0.1) is 11.3 Å². The molecule has 0 saturated heterocycles. The summed E-state index contributed by atoms with van der Waals surface area (Å²) in [7, 11) is 0. The number of nitrogens with zero attached hydrogens (tertiary/aromatic N) is 3. The van der Waals surface area contributed by atoms with Crippen molar-refractivity contribution < 1.29 is 4.52 Å². The Kier molecular flexibility index (Phi) is 2.10. The highest BCUT2D eigenvalue weighted by Crippen LogP contribution is 2.22. The van der Waals surface area contributed by atoms with E-state index in [0.717, 1.165) is 23.5 Å². The number of aryl methyl sites for hydroxylation is 2. The van der Waals surface area contributed by atoms with Gasteiger partial charge in [0.2, 0.25) is 0 Å². The number of hydrogen-bond acceptors (Lipinski definition) is 5. The average Bonchev–Trinajstić information content (AvgIpc) is 2.71. The number of rotatable bonds is 2. The molecule has 0 aliphatic rings. The summed E-state index contributed by atoms with van der Waals surface area (Å²) in [6.07, 6.45) is 0.792. The van der Waals surface area contributed by atoms with Gasteiger partial charge in [-0.2, -0.15) is 9.36 Å². The summed E-state index contributed by atoms with van der Waals surface area (Å²) in [6.45, 7) is 3.93. The minimum absolute atomic E-state index is 0.572. The molecule has 0 saturated carbocycles. The Hall–Kier alpha value is -1.23. The molecule has 0 fully saturated rings. The van der Waals surface area contributed by atoms with Crippen molar-refractivity contribution in [3.63, 3.8) is 0 Å². The van der Waals surface area contributed by atoms with Crippen LogP contribution in [-0.4, -0.2) is 14.5 Å². The molecule has 13 heavy (non-hydrogen) atoms. The summed E-state index contributed by atoms with van der Waals surface area (Å²) in [5.74, 6) is 1.31. The molecule has 0 aromatic carbocycles. The molecule has 0 unspecified atom stereocenters. The normalized spacial score (nSPS) is 10.6. The topological polar surface area (TPSA) is 51.8 Å². The third-order valence-corrected chi connectivity index (χ3v) is 2.49. The van der Waals surface area contributed by atoms with Crippen LogP contribution in [0.3, 0.4) is 0 Å². The van der Waals surface area contributed by atoms with Gasteiger partial charge in [0.25, 0.3) is 5.89 Å². The lowest BCUT2D eigenvalue weighted by Gasteiger charge is -1.86. The SMILES string of the molecule is CCc1noc(-c2csnc2C)n1. The molecule has 5 heteroatoms. The van der Waals surface area contributed by atoms with E-state index in [1.807, 2.05) is 19.2 Å². The van der Waals surface area contributed by atoms with Gasteiger partial charge < -0.3 is 4.52 Å². The van der Waals surface area contributed by atoms with E-state index in [2.05, 4.69) is 14.5 Å². The van der Waals surface area contributed by atoms with Crippen molar-refractivity contribution in [2.24, 2.45) is 0 Å². The summed E-state index contributed by atoms with van der Waals surface area (Å²) < 4.78 is 9.23. The molecule has 0 atom stereocenters. The Balaban J connectivity index is 2.41. The first-order valence-electron chi connectivity index (χ1n) is 4.05. The molecule has 2 rings (SSSR count). The molecule has 2 aromatic rings. The van der Waals surface area contributed by atoms with Gasteiger partial charge in [-0.3, -0.25) is 0 Å². The monoisotopic (exact) mass is 195 g/mol. The van der Waals surface area contributed by atoms with E-state index in [1.165, 1.54) is 11.5 Å². The highest BCUT2D eigenvalue weighted by Gasteiger charge is 2.11. The van der Waals surface area contributed by atoms with E-state index in [-0.39, 0.29) is 0 Å². The molecule has 2 aromatic heterocycles. The van der Waals surface area contributed by atoms with E-state index >= 15 is 0 Å². The van der Waals surface area contributed by atoms with Gasteiger partial charge >= 0.3 is 0 Å². The Bertz CT molecular complexity index is 407. The Morgan fingerprint density at radius 2 is 2.38 bits per heavy atom. The van der Waals surface area contributed by atoms with Crippen molar-refractivity contribution in [1.82, 2.24) is 14.5 Å². The summed E-state index contributed by atoms with van der Waals surface area (Å²) >= 11 is 1.40. The largest absolute Gasteiger partial charge is 0.334 e. The maximum atomic E-state index is 5.09. The standard InChI is InChI=1S/C8H9N3OS/c1-3-7-9-8(12-10-7)6-4-13-11-5(6)2/h4H,3H2,1-2H3. The minimum Gasteiger partial charge on any atom is -0.334 e. The first-order valence-corrected chi connectivity index (χ1v) is 4.89. The fraction of sp³-hybridized carbons (Fsp3) is 0.375. The van der Waals surface area contributed by atoms with Gasteiger partial charge in [-0.05, 0) is 18.5 Å². The van der Waals surface area contributed by atoms with Crippen molar-refractivity contribution in [2.45, 2.75) is 20.3 Å². The van der Waals surface area contributed by atoms with Crippen LogP contribution in [0.2, 0.25) is 0 Å². The van der Waals surface area contributed by atoms with E-state index in [4.69, 9.17) is 4.52 Å². The second-order valence-electron chi connectivity index (χ2n) is 2.68. The zero-order valence-electron chi connectivity index (χ0n) is 7.44. The fourth-order valence-electron chi connectivity index (χ4n) is 1.00. The molecule has 0 amide bonds. The highest BCUT2D eigenvalue weighted by atomic mass is 32.1. The van der Waals surface area contributed by atoms with Crippen LogP contribution >= 0.6 is 11.5 Å². The van der Waals surface area contributed by atoms with Crippen molar-refractivity contribution in [3.05, 3.63) is 16.9 Å². The van der Waals surface area contributed by atoms with Crippen molar-refractivity contribution >= 4 is 11.5 Å². The molecule has 2 heterocycles. The second-order valence-corrected chi connectivity index (χ2v) is 3.31. The molecule has 0 spiro atoms. The predicted octanol–water partition coefficient (Wildman–Crippen LogP) is 2.06. The predicted molar refractivity (Wildman–Crippen MR) is 49.5 cm³/mol. The first kappa shape index (κ1) is 8.37. The van der Waals surface area contributed by atoms with Crippen LogP contribution in [0.5, 0.6) is 0 Å². The van der Waals surface area contributed by atoms with Crippen molar-refractivity contribution in [1.29, 1.82) is 0 Å². The summed E-state index contributed by atoms with van der Waals surface area (Å²) in [5, 5.41) is 5.74. The van der Waals surface area contributed by atoms with E-state index in [1.54, 1.807) is 0 Å². The fourth-order valence-corrected chi connectivity index (χ4v) is 1.69. The lowest BCUT2D eigenvalue weighted by Crippen LogP contribution is -1.82. The van der Waals surface area contributed by atoms with Gasteiger partial charge in [-0.15, -0.1) is 0 Å². The van der Waals surface area contributed by atoms with Crippen LogP contribution in [0.1, 0.15) is 18.4 Å². The van der Waals surface area contributed by atoms with Crippen LogP contribution < -0.4 is 0 Å².